The second kappa shape index (κ2) is 8.11. The van der Waals surface area contributed by atoms with Crippen molar-refractivity contribution in [3.8, 4) is 11.4 Å². The monoisotopic (exact) mass is 433 g/mol. The van der Waals surface area contributed by atoms with Crippen molar-refractivity contribution in [2.75, 3.05) is 11.1 Å². The molecule has 2 N–H and O–H groups in total. The molecule has 0 fully saturated rings. The van der Waals surface area contributed by atoms with Crippen LogP contribution in [0.1, 0.15) is 0 Å². The summed E-state index contributed by atoms with van der Waals surface area (Å²) in [6.45, 7) is 0. The topological polar surface area (TPSA) is 114 Å². The Morgan fingerprint density at radius 3 is 2.65 bits per heavy atom. The highest BCUT2D eigenvalue weighted by molar-refractivity contribution is 9.10. The molecule has 1 amide bonds. The predicted molar refractivity (Wildman–Crippen MR) is 102 cm³/mol. The van der Waals surface area contributed by atoms with Gasteiger partial charge in [0, 0.05) is 27.9 Å². The summed E-state index contributed by atoms with van der Waals surface area (Å²) in [6.07, 6.45) is 0. The van der Waals surface area contributed by atoms with Gasteiger partial charge >= 0.3 is 0 Å². The summed E-state index contributed by atoms with van der Waals surface area (Å²) in [4.78, 5) is 26.5. The highest BCUT2D eigenvalue weighted by atomic mass is 79.9. The molecule has 0 saturated heterocycles. The van der Waals surface area contributed by atoms with Gasteiger partial charge in [-0.3, -0.25) is 20.0 Å². The van der Waals surface area contributed by atoms with E-state index in [-0.39, 0.29) is 17.3 Å². The highest BCUT2D eigenvalue weighted by Crippen LogP contribution is 2.26. The maximum Gasteiger partial charge on any atom is 0.269 e. The van der Waals surface area contributed by atoms with Crippen molar-refractivity contribution >= 4 is 45.0 Å². The first-order valence-corrected chi connectivity index (χ1v) is 9.15. The van der Waals surface area contributed by atoms with E-state index in [4.69, 9.17) is 0 Å². The van der Waals surface area contributed by atoms with Gasteiger partial charge in [0.2, 0.25) is 11.1 Å². The van der Waals surface area contributed by atoms with Gasteiger partial charge in [-0.15, -0.1) is 5.10 Å². The van der Waals surface area contributed by atoms with Crippen LogP contribution in [-0.4, -0.2) is 31.8 Å². The number of aromatic nitrogens is 3. The zero-order valence-corrected chi connectivity index (χ0v) is 15.6. The van der Waals surface area contributed by atoms with Crippen LogP contribution in [-0.2, 0) is 4.79 Å². The molecule has 3 rings (SSSR count). The van der Waals surface area contributed by atoms with Gasteiger partial charge in [-0.2, -0.15) is 0 Å². The fourth-order valence-corrected chi connectivity index (χ4v) is 3.15. The number of amides is 1. The lowest BCUT2D eigenvalue weighted by Crippen LogP contribution is -2.14. The van der Waals surface area contributed by atoms with Gasteiger partial charge < -0.3 is 5.32 Å². The van der Waals surface area contributed by atoms with Crippen LogP contribution >= 0.6 is 27.7 Å². The van der Waals surface area contributed by atoms with E-state index in [9.17, 15) is 14.9 Å². The standard InChI is InChI=1S/C16H12BrN5O3S/c17-13-4-2-1-3-12(13)15-19-16(21-20-15)26-9-14(23)18-10-5-7-11(8-6-10)22(24)25/h1-8H,9H2,(H,18,23)(H,19,20,21). The normalized spacial score (nSPS) is 10.5. The molecule has 0 bridgehead atoms. The molecule has 0 unspecified atom stereocenters. The number of hydrogen-bond donors (Lipinski definition) is 2. The quantitative estimate of drug-likeness (QED) is 0.346. The van der Waals surface area contributed by atoms with Crippen molar-refractivity contribution < 1.29 is 9.72 Å². The SMILES string of the molecule is O=C(CSc1n[nH]c(-c2ccccc2Br)n1)Nc1ccc([N+](=O)[O-])cc1. The van der Waals surface area contributed by atoms with Gasteiger partial charge in [-0.1, -0.05) is 45.9 Å². The maximum atomic E-state index is 12.0. The van der Waals surface area contributed by atoms with Crippen molar-refractivity contribution in [1.82, 2.24) is 15.2 Å². The first-order chi connectivity index (χ1) is 12.5. The van der Waals surface area contributed by atoms with Crippen molar-refractivity contribution in [1.29, 1.82) is 0 Å². The second-order valence-electron chi connectivity index (χ2n) is 5.09. The minimum Gasteiger partial charge on any atom is -0.325 e. The minimum atomic E-state index is -0.493. The Kier molecular flexibility index (Phi) is 5.64. The van der Waals surface area contributed by atoms with Crippen molar-refractivity contribution in [2.24, 2.45) is 0 Å². The van der Waals surface area contributed by atoms with Crippen LogP contribution in [0.4, 0.5) is 11.4 Å². The molecule has 1 aromatic heterocycles. The molecule has 2 aromatic carbocycles. The lowest BCUT2D eigenvalue weighted by atomic mass is 10.2. The lowest BCUT2D eigenvalue weighted by molar-refractivity contribution is -0.384. The molecule has 0 atom stereocenters. The largest absolute Gasteiger partial charge is 0.325 e. The fraction of sp³-hybridized carbons (Fsp3) is 0.0625. The number of anilines is 1. The second-order valence-corrected chi connectivity index (χ2v) is 6.88. The number of nitrogens with one attached hydrogen (secondary N) is 2. The third-order valence-electron chi connectivity index (χ3n) is 3.29. The van der Waals surface area contributed by atoms with Gasteiger partial charge in [0.15, 0.2) is 5.82 Å². The van der Waals surface area contributed by atoms with Crippen LogP contribution in [0.25, 0.3) is 11.4 Å². The minimum absolute atomic E-state index is 0.0299. The molecule has 1 heterocycles. The van der Waals surface area contributed by atoms with Crippen LogP contribution in [0.15, 0.2) is 58.2 Å². The number of H-pyrrole nitrogens is 1. The molecular weight excluding hydrogens is 422 g/mol. The van der Waals surface area contributed by atoms with Gasteiger partial charge in [-0.05, 0) is 18.2 Å². The number of nitrogens with zero attached hydrogens (tertiary/aromatic N) is 3. The highest BCUT2D eigenvalue weighted by Gasteiger charge is 2.11. The predicted octanol–water partition coefficient (Wildman–Crippen LogP) is 3.87. The molecule has 0 aliphatic rings. The molecule has 0 radical (unpaired) electrons. The third-order valence-corrected chi connectivity index (χ3v) is 4.83. The summed E-state index contributed by atoms with van der Waals surface area (Å²) >= 11 is 4.64. The number of nitro groups is 1. The van der Waals surface area contributed by atoms with Crippen molar-refractivity contribution in [2.45, 2.75) is 5.16 Å². The Balaban J connectivity index is 1.56. The number of halogens is 1. The van der Waals surface area contributed by atoms with Crippen LogP contribution in [0.5, 0.6) is 0 Å². The summed E-state index contributed by atoms with van der Waals surface area (Å²) in [7, 11) is 0. The molecule has 3 aromatic rings. The van der Waals surface area contributed by atoms with Gasteiger partial charge in [-0.25, -0.2) is 4.98 Å². The van der Waals surface area contributed by atoms with Crippen LogP contribution in [0.2, 0.25) is 0 Å². The van der Waals surface area contributed by atoms with E-state index >= 15 is 0 Å². The molecule has 26 heavy (non-hydrogen) atoms. The fourth-order valence-electron chi connectivity index (χ4n) is 2.08. The van der Waals surface area contributed by atoms with Crippen LogP contribution < -0.4 is 5.32 Å². The zero-order chi connectivity index (χ0) is 18.5. The Hall–Kier alpha value is -2.72. The molecule has 0 aliphatic carbocycles. The van der Waals surface area contributed by atoms with Gasteiger partial charge in [0.1, 0.15) is 0 Å². The maximum absolute atomic E-state index is 12.0. The Morgan fingerprint density at radius 2 is 1.96 bits per heavy atom. The number of nitro benzene ring substituents is 1. The van der Waals surface area contributed by atoms with E-state index in [0.717, 1.165) is 10.0 Å². The molecule has 8 nitrogen and oxygen atoms in total. The van der Waals surface area contributed by atoms with E-state index < -0.39 is 4.92 Å². The molecule has 132 valence electrons. The summed E-state index contributed by atoms with van der Waals surface area (Å²) < 4.78 is 0.892. The first-order valence-electron chi connectivity index (χ1n) is 7.37. The molecule has 0 aliphatic heterocycles. The van der Waals surface area contributed by atoms with Crippen LogP contribution in [0, 0.1) is 10.1 Å². The summed E-state index contributed by atoms with van der Waals surface area (Å²) in [6, 6.07) is 13.2. The Labute approximate surface area is 160 Å². The third kappa shape index (κ3) is 4.46. The van der Waals surface area contributed by atoms with E-state index in [2.05, 4.69) is 36.4 Å². The first kappa shape index (κ1) is 18.1. The van der Waals surface area contributed by atoms with E-state index in [1.54, 1.807) is 0 Å². The molecular formula is C16H12BrN5O3S. The summed E-state index contributed by atoms with van der Waals surface area (Å²) in [5, 5.41) is 20.7. The number of aromatic amines is 1. The number of hydrogen-bond acceptors (Lipinski definition) is 6. The number of benzene rings is 2. The smallest absolute Gasteiger partial charge is 0.269 e. The van der Waals surface area contributed by atoms with Crippen molar-refractivity contribution in [3.05, 3.63) is 63.1 Å². The van der Waals surface area contributed by atoms with Gasteiger partial charge in [0.25, 0.3) is 5.69 Å². The zero-order valence-electron chi connectivity index (χ0n) is 13.2. The van der Waals surface area contributed by atoms with Gasteiger partial charge in [0.05, 0.1) is 10.7 Å². The van der Waals surface area contributed by atoms with Crippen LogP contribution in [0.3, 0.4) is 0 Å². The van der Waals surface area contributed by atoms with E-state index in [0.29, 0.717) is 16.7 Å². The lowest BCUT2D eigenvalue weighted by Gasteiger charge is -2.03. The average molecular weight is 434 g/mol. The Bertz CT molecular complexity index is 945. The Morgan fingerprint density at radius 1 is 1.23 bits per heavy atom. The van der Waals surface area contributed by atoms with Crippen molar-refractivity contribution in [3.63, 3.8) is 0 Å². The molecule has 0 saturated carbocycles. The number of thioether (sulfide) groups is 1. The number of non-ortho nitro benzene ring substituents is 1. The summed E-state index contributed by atoms with van der Waals surface area (Å²) in [5.41, 5.74) is 1.34. The van der Waals surface area contributed by atoms with E-state index in [1.807, 2.05) is 24.3 Å². The molecule has 0 spiro atoms. The summed E-state index contributed by atoms with van der Waals surface area (Å²) in [5.74, 6) is 0.469. The molecule has 10 heteroatoms. The average Bonchev–Trinajstić information content (AvgIpc) is 3.09. The number of carbonyl (C=O) groups excluding carboxylic acids is 1. The van der Waals surface area contributed by atoms with E-state index in [1.165, 1.54) is 36.0 Å². The number of rotatable bonds is 6. The number of carbonyl (C=O) groups is 1.